The predicted molar refractivity (Wildman–Crippen MR) is 48.9 cm³/mol. The van der Waals surface area contributed by atoms with Crippen LogP contribution < -0.4 is 0 Å². The molecule has 0 aliphatic heterocycles. The molecule has 17 heavy (non-hydrogen) atoms. The van der Waals surface area contributed by atoms with E-state index in [0.717, 1.165) is 7.11 Å². The molecule has 1 heterocycles. The first kappa shape index (κ1) is 12.7. The van der Waals surface area contributed by atoms with Crippen LogP contribution in [0.3, 0.4) is 0 Å². The first-order valence-electron chi connectivity index (χ1n) is 4.12. The van der Waals surface area contributed by atoms with Gasteiger partial charge in [0.1, 0.15) is 11.8 Å². The lowest BCUT2D eigenvalue weighted by atomic mass is 10.1. The van der Waals surface area contributed by atoms with E-state index in [1.807, 2.05) is 0 Å². The lowest BCUT2D eigenvalue weighted by molar-refractivity contribution is -0.390. The van der Waals surface area contributed by atoms with Gasteiger partial charge in [-0.15, -0.1) is 0 Å². The van der Waals surface area contributed by atoms with E-state index >= 15 is 0 Å². The Morgan fingerprint density at radius 2 is 2.24 bits per heavy atom. The number of carbonyl (C=O) groups is 1. The molecule has 0 aromatic carbocycles. The molecule has 0 unspecified atom stereocenters. The Bertz CT molecular complexity index is 477. The third-order valence-electron chi connectivity index (χ3n) is 1.86. The van der Waals surface area contributed by atoms with Gasteiger partial charge < -0.3 is 20.0 Å². The molecule has 0 saturated carbocycles. The van der Waals surface area contributed by atoms with Crippen LogP contribution in [0.1, 0.15) is 22.3 Å². The van der Waals surface area contributed by atoms with Gasteiger partial charge in [0.05, 0.1) is 12.7 Å². The molecule has 1 aromatic heterocycles. The summed E-state index contributed by atoms with van der Waals surface area (Å²) in [5, 5.41) is 19.8. The van der Waals surface area contributed by atoms with Crippen LogP contribution in [0.2, 0.25) is 0 Å². The Hall–Kier alpha value is -2.32. The second-order valence-electron chi connectivity index (χ2n) is 2.81. The van der Waals surface area contributed by atoms with Crippen molar-refractivity contribution in [2.75, 3.05) is 7.11 Å². The minimum absolute atomic E-state index is 0.453. The van der Waals surface area contributed by atoms with E-state index in [2.05, 4.69) is 9.72 Å². The number of nitro groups is 1. The fraction of sp³-hybridized carbons (Fsp3) is 0.250. The summed E-state index contributed by atoms with van der Waals surface area (Å²) in [4.78, 5) is 23.5. The minimum atomic E-state index is -3.12. The summed E-state index contributed by atoms with van der Waals surface area (Å²) >= 11 is 0. The maximum absolute atomic E-state index is 12.5. The first-order valence-corrected chi connectivity index (χ1v) is 4.12. The van der Waals surface area contributed by atoms with Gasteiger partial charge in [0.25, 0.3) is 6.43 Å². The molecule has 92 valence electrons. The fourth-order valence-corrected chi connectivity index (χ4v) is 1.12. The number of hydrogen-bond donors (Lipinski definition) is 1. The molecule has 1 N–H and O–H groups in total. The van der Waals surface area contributed by atoms with E-state index in [0.29, 0.717) is 6.20 Å². The average molecular weight is 248 g/mol. The van der Waals surface area contributed by atoms with Crippen LogP contribution in [0.5, 0.6) is 5.75 Å². The number of aromatic nitrogens is 1. The van der Waals surface area contributed by atoms with Gasteiger partial charge >= 0.3 is 11.8 Å². The van der Waals surface area contributed by atoms with Gasteiger partial charge in [0.2, 0.25) is 5.75 Å². The Labute approximate surface area is 92.8 Å². The number of esters is 1. The lowest BCUT2D eigenvalue weighted by Crippen LogP contribution is -2.09. The van der Waals surface area contributed by atoms with Crippen LogP contribution >= 0.6 is 0 Å². The number of halogens is 2. The molecule has 0 radical (unpaired) electrons. The molecule has 0 spiro atoms. The van der Waals surface area contributed by atoms with E-state index in [1.54, 1.807) is 0 Å². The van der Waals surface area contributed by atoms with Gasteiger partial charge in [-0.1, -0.05) is 0 Å². The molecule has 0 aliphatic rings. The van der Waals surface area contributed by atoms with Gasteiger partial charge in [-0.3, -0.25) is 0 Å². The Balaban J connectivity index is 3.53. The lowest BCUT2D eigenvalue weighted by Gasteiger charge is -2.07. The highest BCUT2D eigenvalue weighted by Crippen LogP contribution is 2.34. The highest BCUT2D eigenvalue weighted by atomic mass is 19.3. The monoisotopic (exact) mass is 248 g/mol. The number of carbonyl (C=O) groups excluding carboxylic acids is 1. The van der Waals surface area contributed by atoms with Crippen molar-refractivity contribution in [3.05, 3.63) is 27.4 Å². The van der Waals surface area contributed by atoms with Crippen molar-refractivity contribution >= 4 is 11.8 Å². The standard InChI is InChI=1S/C8H6F2N2O5/c1-17-8(14)4-3(6(9)10)2-11-7(5(4)13)12(15)16/h2,6,13H,1H3. The molecule has 1 aromatic rings. The SMILES string of the molecule is COC(=O)c1c(C(F)F)cnc([N+](=O)[O-])c1O. The summed E-state index contributed by atoms with van der Waals surface area (Å²) in [5.74, 6) is -3.63. The van der Waals surface area contributed by atoms with Crippen molar-refractivity contribution in [3.8, 4) is 5.75 Å². The number of ether oxygens (including phenoxy) is 1. The largest absolute Gasteiger partial charge is 0.500 e. The van der Waals surface area contributed by atoms with Crippen LogP contribution in [0.4, 0.5) is 14.6 Å². The van der Waals surface area contributed by atoms with Crippen LogP contribution in [-0.2, 0) is 4.74 Å². The second-order valence-corrected chi connectivity index (χ2v) is 2.81. The summed E-state index contributed by atoms with van der Waals surface area (Å²) < 4.78 is 29.2. The second kappa shape index (κ2) is 4.68. The van der Waals surface area contributed by atoms with Gasteiger partial charge in [-0.2, -0.15) is 0 Å². The fourth-order valence-electron chi connectivity index (χ4n) is 1.12. The maximum Gasteiger partial charge on any atom is 0.406 e. The van der Waals surface area contributed by atoms with Gasteiger partial charge in [-0.05, 0) is 9.91 Å². The van der Waals surface area contributed by atoms with Crippen molar-refractivity contribution in [1.82, 2.24) is 4.98 Å². The number of aromatic hydroxyl groups is 1. The molecule has 0 atom stereocenters. The molecule has 0 amide bonds. The zero-order chi connectivity index (χ0) is 13.2. The smallest absolute Gasteiger partial charge is 0.406 e. The quantitative estimate of drug-likeness (QED) is 0.493. The maximum atomic E-state index is 12.5. The molecule has 0 saturated heterocycles. The molecule has 1 rings (SSSR count). The van der Waals surface area contributed by atoms with Crippen LogP contribution in [0, 0.1) is 10.1 Å². The summed E-state index contributed by atoms with van der Waals surface area (Å²) in [6, 6.07) is 0. The van der Waals surface area contributed by atoms with E-state index < -0.39 is 40.0 Å². The third kappa shape index (κ3) is 2.27. The number of methoxy groups -OCH3 is 1. The number of hydrogen-bond acceptors (Lipinski definition) is 6. The highest BCUT2D eigenvalue weighted by molar-refractivity contribution is 5.95. The van der Waals surface area contributed by atoms with Crippen molar-refractivity contribution in [2.24, 2.45) is 0 Å². The minimum Gasteiger partial charge on any atom is -0.500 e. The van der Waals surface area contributed by atoms with Gasteiger partial charge in [-0.25, -0.2) is 13.6 Å². The van der Waals surface area contributed by atoms with E-state index in [-0.39, 0.29) is 0 Å². The van der Waals surface area contributed by atoms with Crippen molar-refractivity contribution in [1.29, 1.82) is 0 Å². The number of nitrogens with zero attached hydrogens (tertiary/aromatic N) is 2. The van der Waals surface area contributed by atoms with Crippen LogP contribution in [-0.4, -0.2) is 28.1 Å². The topological polar surface area (TPSA) is 103 Å². The van der Waals surface area contributed by atoms with Crippen LogP contribution in [0.15, 0.2) is 6.20 Å². The summed E-state index contributed by atoms with van der Waals surface area (Å²) in [6.45, 7) is 0. The molecule has 0 fully saturated rings. The summed E-state index contributed by atoms with van der Waals surface area (Å²) in [5.41, 5.74) is -1.89. The molecule has 0 bridgehead atoms. The molecule has 7 nitrogen and oxygen atoms in total. The number of pyridine rings is 1. The van der Waals surface area contributed by atoms with E-state index in [9.17, 15) is 28.8 Å². The summed E-state index contributed by atoms with van der Waals surface area (Å²) in [6.07, 6.45) is -2.67. The normalized spacial score (nSPS) is 10.4. The predicted octanol–water partition coefficient (Wildman–Crippen LogP) is 1.42. The zero-order valence-corrected chi connectivity index (χ0v) is 8.39. The third-order valence-corrected chi connectivity index (χ3v) is 1.86. The molecule has 0 aliphatic carbocycles. The molecular formula is C8H6F2N2O5. The Kier molecular flexibility index (Phi) is 3.51. The number of rotatable bonds is 3. The zero-order valence-electron chi connectivity index (χ0n) is 8.39. The Morgan fingerprint density at radius 3 is 2.65 bits per heavy atom. The highest BCUT2D eigenvalue weighted by Gasteiger charge is 2.31. The van der Waals surface area contributed by atoms with Crippen molar-refractivity contribution < 1.29 is 28.3 Å². The van der Waals surface area contributed by atoms with E-state index in [1.165, 1.54) is 0 Å². The van der Waals surface area contributed by atoms with E-state index in [4.69, 9.17) is 0 Å². The summed E-state index contributed by atoms with van der Waals surface area (Å²) in [7, 11) is 0.892. The van der Waals surface area contributed by atoms with Gasteiger partial charge in [0.15, 0.2) is 0 Å². The van der Waals surface area contributed by atoms with Gasteiger partial charge in [0, 0.05) is 0 Å². The average Bonchev–Trinajstić information content (AvgIpc) is 2.26. The molecule has 9 heteroatoms. The molecular weight excluding hydrogens is 242 g/mol. The number of alkyl halides is 2. The Morgan fingerprint density at radius 1 is 1.65 bits per heavy atom. The van der Waals surface area contributed by atoms with Crippen molar-refractivity contribution in [3.63, 3.8) is 0 Å². The first-order chi connectivity index (χ1) is 7.90. The van der Waals surface area contributed by atoms with Crippen LogP contribution in [0.25, 0.3) is 0 Å². The van der Waals surface area contributed by atoms with Crippen molar-refractivity contribution in [2.45, 2.75) is 6.43 Å².